The van der Waals surface area contributed by atoms with Gasteiger partial charge in [-0.05, 0) is 26.3 Å². The lowest BCUT2D eigenvalue weighted by Gasteiger charge is -2.22. The minimum atomic E-state index is 0.145. The molecule has 1 aromatic rings. The molecule has 0 saturated carbocycles. The molecule has 0 N–H and O–H groups in total. The van der Waals surface area contributed by atoms with Crippen molar-refractivity contribution in [3.05, 3.63) is 47.0 Å². The van der Waals surface area contributed by atoms with Crippen LogP contribution < -0.4 is 0 Å². The molecule has 0 radical (unpaired) electrons. The van der Waals surface area contributed by atoms with E-state index in [9.17, 15) is 0 Å². The van der Waals surface area contributed by atoms with E-state index in [4.69, 9.17) is 0 Å². The van der Waals surface area contributed by atoms with Crippen molar-refractivity contribution in [2.45, 2.75) is 40.0 Å². The lowest BCUT2D eigenvalue weighted by molar-refractivity contribution is 0.664. The van der Waals surface area contributed by atoms with Crippen LogP contribution in [0.5, 0.6) is 0 Å². The number of allylic oxidation sites excluding steroid dienone is 2. The van der Waals surface area contributed by atoms with Gasteiger partial charge in [0.05, 0.1) is 0 Å². The summed E-state index contributed by atoms with van der Waals surface area (Å²) in [6, 6.07) is 8.79. The van der Waals surface area contributed by atoms with E-state index in [1.54, 1.807) is 0 Å². The van der Waals surface area contributed by atoms with Crippen molar-refractivity contribution in [3.8, 4) is 0 Å². The second kappa shape index (κ2) is 4.00. The molecule has 0 aliphatic carbocycles. The molecular weight excluding hydrogens is 168 g/mol. The molecule has 0 nitrogen and oxygen atoms in total. The first-order valence-corrected chi connectivity index (χ1v) is 5.15. The van der Waals surface area contributed by atoms with Gasteiger partial charge in [-0.1, -0.05) is 55.3 Å². The Morgan fingerprint density at radius 1 is 1.07 bits per heavy atom. The van der Waals surface area contributed by atoms with Crippen LogP contribution in [0, 0.1) is 6.92 Å². The third-order valence-corrected chi connectivity index (χ3v) is 2.45. The number of hydrogen-bond donors (Lipinski definition) is 0. The Kier molecular flexibility index (Phi) is 3.15. The zero-order chi connectivity index (χ0) is 10.8. The summed E-state index contributed by atoms with van der Waals surface area (Å²) < 4.78 is 0. The van der Waals surface area contributed by atoms with Crippen molar-refractivity contribution in [2.75, 3.05) is 0 Å². The van der Waals surface area contributed by atoms with E-state index in [0.717, 1.165) is 0 Å². The van der Waals surface area contributed by atoms with Gasteiger partial charge in [0.25, 0.3) is 0 Å². The first kappa shape index (κ1) is 11.0. The van der Waals surface area contributed by atoms with Crippen LogP contribution in [0.4, 0.5) is 0 Å². The molecule has 0 aliphatic heterocycles. The van der Waals surface area contributed by atoms with Gasteiger partial charge >= 0.3 is 0 Å². The van der Waals surface area contributed by atoms with Crippen LogP contribution in [0.1, 0.15) is 38.8 Å². The third kappa shape index (κ3) is 2.73. The molecule has 14 heavy (non-hydrogen) atoms. The van der Waals surface area contributed by atoms with Crippen LogP contribution in [0.25, 0.3) is 0 Å². The quantitative estimate of drug-likeness (QED) is 0.609. The topological polar surface area (TPSA) is 0 Å². The molecule has 76 valence electrons. The van der Waals surface area contributed by atoms with Gasteiger partial charge in [-0.25, -0.2) is 0 Å². The summed E-state index contributed by atoms with van der Waals surface area (Å²) in [6.07, 6.45) is 2.32. The second-order valence-electron chi connectivity index (χ2n) is 4.81. The lowest BCUT2D eigenvalue weighted by Crippen LogP contribution is -2.13. The highest BCUT2D eigenvalue weighted by atomic mass is 14.2. The Morgan fingerprint density at radius 3 is 2.00 bits per heavy atom. The maximum atomic E-state index is 2.32. The maximum absolute atomic E-state index is 2.32. The van der Waals surface area contributed by atoms with Crippen molar-refractivity contribution in [3.63, 3.8) is 0 Å². The summed E-state index contributed by atoms with van der Waals surface area (Å²) in [5, 5.41) is 0. The summed E-state index contributed by atoms with van der Waals surface area (Å²) in [7, 11) is 0. The number of aryl methyl sites for hydroxylation is 1. The molecule has 0 heterocycles. The Hall–Kier alpha value is -1.04. The van der Waals surface area contributed by atoms with E-state index in [0.29, 0.717) is 0 Å². The van der Waals surface area contributed by atoms with Gasteiger partial charge in [-0.15, -0.1) is 0 Å². The van der Waals surface area contributed by atoms with Crippen molar-refractivity contribution >= 4 is 0 Å². The van der Waals surface area contributed by atoms with Crippen LogP contribution in [-0.4, -0.2) is 0 Å². The van der Waals surface area contributed by atoms with Crippen molar-refractivity contribution in [1.82, 2.24) is 0 Å². The highest BCUT2D eigenvalue weighted by Crippen LogP contribution is 2.26. The molecule has 0 saturated heterocycles. The molecule has 1 aromatic carbocycles. The van der Waals surface area contributed by atoms with Gasteiger partial charge in [0.1, 0.15) is 0 Å². The van der Waals surface area contributed by atoms with Gasteiger partial charge in [0.15, 0.2) is 0 Å². The highest BCUT2D eigenvalue weighted by Gasteiger charge is 2.16. The largest absolute Gasteiger partial charge is 0.0796 e. The van der Waals surface area contributed by atoms with Crippen LogP contribution in [0.15, 0.2) is 35.9 Å². The molecule has 0 heteroatoms. The van der Waals surface area contributed by atoms with Gasteiger partial charge in [-0.2, -0.15) is 0 Å². The summed E-state index contributed by atoms with van der Waals surface area (Å²) in [5.41, 5.74) is 4.22. The van der Waals surface area contributed by atoms with Gasteiger partial charge in [-0.3, -0.25) is 0 Å². The standard InChI is InChI=1S/C14H20/c1-11(2)10-14(4,5)13-8-6-12(3)7-9-13/h6-10H,1-5H3. The summed E-state index contributed by atoms with van der Waals surface area (Å²) in [4.78, 5) is 0. The Balaban J connectivity index is 3.04. The smallest absolute Gasteiger partial charge is 0.00777 e. The minimum Gasteiger partial charge on any atom is -0.0796 e. The van der Waals surface area contributed by atoms with E-state index in [1.807, 2.05) is 0 Å². The average molecular weight is 188 g/mol. The summed E-state index contributed by atoms with van der Waals surface area (Å²) in [6.45, 7) is 10.9. The normalized spacial score (nSPS) is 11.2. The highest BCUT2D eigenvalue weighted by molar-refractivity contribution is 5.32. The van der Waals surface area contributed by atoms with E-state index >= 15 is 0 Å². The molecule has 0 aromatic heterocycles. The second-order valence-corrected chi connectivity index (χ2v) is 4.81. The number of hydrogen-bond acceptors (Lipinski definition) is 0. The molecule has 1 rings (SSSR count). The zero-order valence-corrected chi connectivity index (χ0v) is 9.89. The molecule has 0 spiro atoms. The van der Waals surface area contributed by atoms with E-state index in [1.165, 1.54) is 16.7 Å². The van der Waals surface area contributed by atoms with E-state index in [2.05, 4.69) is 65.0 Å². The van der Waals surface area contributed by atoms with Crippen molar-refractivity contribution in [1.29, 1.82) is 0 Å². The summed E-state index contributed by atoms with van der Waals surface area (Å²) in [5.74, 6) is 0. The molecule has 0 aliphatic rings. The number of benzene rings is 1. The first-order valence-electron chi connectivity index (χ1n) is 5.15. The first-order chi connectivity index (χ1) is 6.42. The molecule has 0 amide bonds. The van der Waals surface area contributed by atoms with Crippen LogP contribution in [0.2, 0.25) is 0 Å². The fraction of sp³-hybridized carbons (Fsp3) is 0.429. The third-order valence-electron chi connectivity index (χ3n) is 2.45. The Bertz CT molecular complexity index is 322. The lowest BCUT2D eigenvalue weighted by atomic mass is 9.83. The monoisotopic (exact) mass is 188 g/mol. The van der Waals surface area contributed by atoms with Gasteiger partial charge in [0.2, 0.25) is 0 Å². The van der Waals surface area contributed by atoms with Gasteiger partial charge < -0.3 is 0 Å². The molecule has 0 fully saturated rings. The van der Waals surface area contributed by atoms with Crippen LogP contribution in [0.3, 0.4) is 0 Å². The predicted molar refractivity (Wildman–Crippen MR) is 63.6 cm³/mol. The van der Waals surface area contributed by atoms with Crippen molar-refractivity contribution < 1.29 is 0 Å². The SMILES string of the molecule is CC(C)=CC(C)(C)c1ccc(C)cc1. The van der Waals surface area contributed by atoms with E-state index in [-0.39, 0.29) is 5.41 Å². The summed E-state index contributed by atoms with van der Waals surface area (Å²) >= 11 is 0. The average Bonchev–Trinajstić information content (AvgIpc) is 2.02. The van der Waals surface area contributed by atoms with Crippen molar-refractivity contribution in [2.24, 2.45) is 0 Å². The number of rotatable bonds is 2. The maximum Gasteiger partial charge on any atom is 0.00777 e. The molecule has 0 atom stereocenters. The van der Waals surface area contributed by atoms with E-state index < -0.39 is 0 Å². The molecule has 0 unspecified atom stereocenters. The Morgan fingerprint density at radius 2 is 1.57 bits per heavy atom. The molecule has 0 bridgehead atoms. The minimum absolute atomic E-state index is 0.145. The van der Waals surface area contributed by atoms with Gasteiger partial charge in [0, 0.05) is 5.41 Å². The fourth-order valence-corrected chi connectivity index (χ4v) is 1.79. The predicted octanol–water partition coefficient (Wildman–Crippen LogP) is 4.24. The fourth-order valence-electron chi connectivity index (χ4n) is 1.79. The van der Waals surface area contributed by atoms with Crippen LogP contribution >= 0.6 is 0 Å². The van der Waals surface area contributed by atoms with Crippen LogP contribution in [-0.2, 0) is 5.41 Å². The zero-order valence-electron chi connectivity index (χ0n) is 9.89. The Labute approximate surface area is 87.7 Å². The molecular formula is C14H20.